The average Bonchev–Trinajstić information content (AvgIpc) is 2.67. The monoisotopic (exact) mass is 376 g/mol. The largest absolute Gasteiger partial charge is 0.370 e. The summed E-state index contributed by atoms with van der Waals surface area (Å²) in [6.45, 7) is 8.61. The molecule has 0 radical (unpaired) electrons. The zero-order valence-corrected chi connectivity index (χ0v) is 16.4. The highest BCUT2D eigenvalue weighted by molar-refractivity contribution is 5.82. The van der Waals surface area contributed by atoms with Crippen molar-refractivity contribution >= 4 is 11.8 Å². The second kappa shape index (κ2) is 7.97. The molecule has 6 heteroatoms. The third kappa shape index (κ3) is 4.67. The molecule has 1 aromatic carbocycles. The lowest BCUT2D eigenvalue weighted by atomic mass is 9.90. The van der Waals surface area contributed by atoms with Crippen LogP contribution >= 0.6 is 0 Å². The number of morpholine rings is 1. The molecule has 1 aromatic rings. The van der Waals surface area contributed by atoms with Crippen LogP contribution < -0.4 is 0 Å². The molecule has 0 bridgehead atoms. The summed E-state index contributed by atoms with van der Waals surface area (Å²) in [7, 11) is 0. The summed E-state index contributed by atoms with van der Waals surface area (Å²) in [4.78, 5) is 29.1. The molecule has 0 aliphatic carbocycles. The molecule has 2 saturated heterocycles. The molecular formula is C21H29FN2O3. The number of nitrogens with zero attached hydrogens (tertiary/aromatic N) is 2. The third-order valence-corrected chi connectivity index (χ3v) is 5.39. The van der Waals surface area contributed by atoms with Crippen molar-refractivity contribution in [3.8, 4) is 0 Å². The van der Waals surface area contributed by atoms with E-state index in [4.69, 9.17) is 4.74 Å². The molecule has 0 aromatic heterocycles. The number of hydrogen-bond acceptors (Lipinski definition) is 3. The Bertz CT molecular complexity index is 676. The molecule has 1 atom stereocenters. The molecule has 1 unspecified atom stereocenters. The number of piperidine rings is 1. The summed E-state index contributed by atoms with van der Waals surface area (Å²) < 4.78 is 18.9. The van der Waals surface area contributed by atoms with Crippen molar-refractivity contribution in [3.05, 3.63) is 35.6 Å². The quantitative estimate of drug-likeness (QED) is 0.797. The first-order valence-corrected chi connectivity index (χ1v) is 9.71. The lowest BCUT2D eigenvalue weighted by molar-refractivity contribution is -0.148. The average molecular weight is 376 g/mol. The fraction of sp³-hybridized carbons (Fsp3) is 0.619. The molecule has 2 fully saturated rings. The van der Waals surface area contributed by atoms with Gasteiger partial charge < -0.3 is 14.5 Å². The predicted octanol–water partition coefficient (Wildman–Crippen LogP) is 3.01. The van der Waals surface area contributed by atoms with E-state index in [0.29, 0.717) is 45.6 Å². The molecule has 2 aliphatic rings. The van der Waals surface area contributed by atoms with E-state index in [1.54, 1.807) is 12.1 Å². The van der Waals surface area contributed by atoms with Crippen molar-refractivity contribution in [2.45, 2.75) is 39.7 Å². The van der Waals surface area contributed by atoms with Crippen LogP contribution in [0.3, 0.4) is 0 Å². The van der Waals surface area contributed by atoms with Crippen LogP contribution in [-0.4, -0.2) is 54.4 Å². The van der Waals surface area contributed by atoms with Gasteiger partial charge in [-0.05, 0) is 30.5 Å². The fourth-order valence-corrected chi connectivity index (χ4v) is 3.79. The van der Waals surface area contributed by atoms with Crippen LogP contribution in [0.1, 0.15) is 45.3 Å². The van der Waals surface area contributed by atoms with Gasteiger partial charge in [-0.3, -0.25) is 9.59 Å². The standard InChI is InChI=1S/C21H29FN2O3/c1-21(2,3)20(26)23-10-8-16(9-11-23)19(25)24-12-13-27-18(14-24)15-4-6-17(22)7-5-15/h4-7,16,18H,8-14H2,1-3H3. The van der Waals surface area contributed by atoms with Gasteiger partial charge in [0.25, 0.3) is 0 Å². The number of carbonyl (C=O) groups is 2. The lowest BCUT2D eigenvalue weighted by Gasteiger charge is -2.39. The molecule has 2 amide bonds. The lowest BCUT2D eigenvalue weighted by Crippen LogP contribution is -2.49. The first kappa shape index (κ1) is 19.8. The van der Waals surface area contributed by atoms with E-state index in [1.807, 2.05) is 30.6 Å². The Labute approximate surface area is 160 Å². The molecule has 0 spiro atoms. The molecule has 2 aliphatic heterocycles. The molecule has 148 valence electrons. The number of ether oxygens (including phenoxy) is 1. The zero-order valence-electron chi connectivity index (χ0n) is 16.4. The summed E-state index contributed by atoms with van der Waals surface area (Å²) in [6, 6.07) is 6.26. The van der Waals surface area contributed by atoms with Gasteiger partial charge in [0.1, 0.15) is 11.9 Å². The molecule has 0 N–H and O–H groups in total. The topological polar surface area (TPSA) is 49.9 Å². The number of benzene rings is 1. The highest BCUT2D eigenvalue weighted by Gasteiger charge is 2.35. The van der Waals surface area contributed by atoms with Crippen molar-refractivity contribution in [3.63, 3.8) is 0 Å². The van der Waals surface area contributed by atoms with Crippen LogP contribution in [0.2, 0.25) is 0 Å². The summed E-state index contributed by atoms with van der Waals surface area (Å²) in [5.74, 6) is -0.0237. The van der Waals surface area contributed by atoms with Gasteiger partial charge >= 0.3 is 0 Å². The zero-order chi connectivity index (χ0) is 19.6. The van der Waals surface area contributed by atoms with Gasteiger partial charge in [0.05, 0.1) is 13.2 Å². The van der Waals surface area contributed by atoms with E-state index >= 15 is 0 Å². The second-order valence-electron chi connectivity index (χ2n) is 8.51. The number of rotatable bonds is 2. The van der Waals surface area contributed by atoms with Crippen LogP contribution in [0, 0.1) is 17.2 Å². The Morgan fingerprint density at radius 2 is 1.67 bits per heavy atom. The number of amides is 2. The first-order chi connectivity index (χ1) is 12.8. The number of likely N-dealkylation sites (tertiary alicyclic amines) is 1. The maximum absolute atomic E-state index is 13.1. The molecule has 27 heavy (non-hydrogen) atoms. The Balaban J connectivity index is 1.56. The van der Waals surface area contributed by atoms with E-state index in [2.05, 4.69) is 0 Å². The molecule has 0 saturated carbocycles. The first-order valence-electron chi connectivity index (χ1n) is 9.71. The summed E-state index contributed by atoms with van der Waals surface area (Å²) >= 11 is 0. The highest BCUT2D eigenvalue weighted by atomic mass is 19.1. The molecule has 5 nitrogen and oxygen atoms in total. The van der Waals surface area contributed by atoms with Gasteiger partial charge in [-0.2, -0.15) is 0 Å². The van der Waals surface area contributed by atoms with E-state index in [-0.39, 0.29) is 35.1 Å². The van der Waals surface area contributed by atoms with Gasteiger partial charge in [-0.25, -0.2) is 4.39 Å². The SMILES string of the molecule is CC(C)(C)C(=O)N1CCC(C(=O)N2CCOC(c3ccc(F)cc3)C2)CC1. The maximum atomic E-state index is 13.1. The second-order valence-corrected chi connectivity index (χ2v) is 8.51. The van der Waals surface area contributed by atoms with Crippen molar-refractivity contribution in [2.75, 3.05) is 32.8 Å². The highest BCUT2D eigenvalue weighted by Crippen LogP contribution is 2.28. The van der Waals surface area contributed by atoms with E-state index < -0.39 is 0 Å². The van der Waals surface area contributed by atoms with Crippen molar-refractivity contribution in [1.82, 2.24) is 9.80 Å². The Morgan fingerprint density at radius 3 is 2.26 bits per heavy atom. The van der Waals surface area contributed by atoms with Gasteiger partial charge in [-0.15, -0.1) is 0 Å². The number of carbonyl (C=O) groups excluding carboxylic acids is 2. The number of hydrogen-bond donors (Lipinski definition) is 0. The van der Waals surface area contributed by atoms with E-state index in [1.165, 1.54) is 12.1 Å². The van der Waals surface area contributed by atoms with Crippen LogP contribution in [0.4, 0.5) is 4.39 Å². The number of halogens is 1. The molecule has 2 heterocycles. The van der Waals surface area contributed by atoms with Crippen molar-refractivity contribution in [1.29, 1.82) is 0 Å². The van der Waals surface area contributed by atoms with Gasteiger partial charge in [0.15, 0.2) is 0 Å². The fourth-order valence-electron chi connectivity index (χ4n) is 3.79. The predicted molar refractivity (Wildman–Crippen MR) is 100 cm³/mol. The third-order valence-electron chi connectivity index (χ3n) is 5.39. The minimum atomic E-state index is -0.385. The van der Waals surface area contributed by atoms with Gasteiger partial charge in [-0.1, -0.05) is 32.9 Å². The molecule has 3 rings (SSSR count). The van der Waals surface area contributed by atoms with Crippen LogP contribution in [-0.2, 0) is 14.3 Å². The smallest absolute Gasteiger partial charge is 0.227 e. The van der Waals surface area contributed by atoms with Crippen LogP contribution in [0.5, 0.6) is 0 Å². The summed E-state index contributed by atoms with van der Waals surface area (Å²) in [5.41, 5.74) is 0.503. The summed E-state index contributed by atoms with van der Waals surface area (Å²) in [5, 5.41) is 0. The van der Waals surface area contributed by atoms with Crippen LogP contribution in [0.25, 0.3) is 0 Å². The van der Waals surface area contributed by atoms with E-state index in [0.717, 1.165) is 5.56 Å². The maximum Gasteiger partial charge on any atom is 0.227 e. The van der Waals surface area contributed by atoms with Crippen LogP contribution in [0.15, 0.2) is 24.3 Å². The van der Waals surface area contributed by atoms with Crippen molar-refractivity contribution < 1.29 is 18.7 Å². The Hall–Kier alpha value is -1.95. The Morgan fingerprint density at radius 1 is 1.04 bits per heavy atom. The van der Waals surface area contributed by atoms with Gasteiger partial charge in [0, 0.05) is 31.0 Å². The summed E-state index contributed by atoms with van der Waals surface area (Å²) in [6.07, 6.45) is 1.20. The normalized spacial score (nSPS) is 22.0. The molecular weight excluding hydrogens is 347 g/mol. The van der Waals surface area contributed by atoms with E-state index in [9.17, 15) is 14.0 Å². The minimum absolute atomic E-state index is 0.0408. The minimum Gasteiger partial charge on any atom is -0.370 e. The Kier molecular flexibility index (Phi) is 5.84. The van der Waals surface area contributed by atoms with Gasteiger partial charge in [0.2, 0.25) is 11.8 Å². The van der Waals surface area contributed by atoms with Crippen molar-refractivity contribution in [2.24, 2.45) is 11.3 Å².